The van der Waals surface area contributed by atoms with Gasteiger partial charge >= 0.3 is 12.1 Å². The molecule has 1 aromatic heterocycles. The molecule has 8 heteroatoms. The number of nitriles is 1. The Balaban J connectivity index is 1.50. The predicted octanol–water partition coefficient (Wildman–Crippen LogP) is 2.43. The van der Waals surface area contributed by atoms with Gasteiger partial charge < -0.3 is 9.84 Å². The number of hydrogen-bond donors (Lipinski definition) is 2. The molecular formula is C20H20N4O4. The van der Waals surface area contributed by atoms with Gasteiger partial charge in [-0.25, -0.2) is 9.59 Å². The number of ether oxygens (including phenoxy) is 1. The van der Waals surface area contributed by atoms with E-state index in [4.69, 9.17) is 10.00 Å². The number of aromatic nitrogens is 2. The lowest BCUT2D eigenvalue weighted by molar-refractivity contribution is -0.147. The first-order valence-corrected chi connectivity index (χ1v) is 9.34. The van der Waals surface area contributed by atoms with E-state index in [1.807, 2.05) is 6.07 Å². The standard InChI is InChI=1S/C20H20N4O4/c21-8-12-9-22-24(10-12)11-17(19(25)26)28-20(27)23-18-15-5-1-3-13(15)7-14-4-2-6-16(14)18/h7,9-10,17H,1-6,11H2,(H,23,27)(H,25,26)/t17-/m1/s1. The Morgan fingerprint density at radius 1 is 1.25 bits per heavy atom. The normalized spacial score (nSPS) is 15.4. The van der Waals surface area contributed by atoms with Crippen LogP contribution in [0.1, 0.15) is 40.7 Å². The summed E-state index contributed by atoms with van der Waals surface area (Å²) in [5.74, 6) is -1.27. The molecule has 0 fully saturated rings. The minimum Gasteiger partial charge on any atom is -0.478 e. The Labute approximate surface area is 161 Å². The summed E-state index contributed by atoms with van der Waals surface area (Å²) in [7, 11) is 0. The first-order chi connectivity index (χ1) is 13.5. The first-order valence-electron chi connectivity index (χ1n) is 9.34. The topological polar surface area (TPSA) is 117 Å². The number of carbonyl (C=O) groups excluding carboxylic acids is 1. The number of carboxylic acid groups (broad SMARTS) is 1. The molecule has 0 spiro atoms. The number of hydrogen-bond acceptors (Lipinski definition) is 5. The zero-order valence-electron chi connectivity index (χ0n) is 15.3. The molecular weight excluding hydrogens is 360 g/mol. The molecule has 4 rings (SSSR count). The third-order valence-electron chi connectivity index (χ3n) is 5.34. The molecule has 144 valence electrons. The molecule has 28 heavy (non-hydrogen) atoms. The number of amides is 1. The molecule has 2 N–H and O–H groups in total. The van der Waals surface area contributed by atoms with Crippen molar-refractivity contribution < 1.29 is 19.4 Å². The van der Waals surface area contributed by atoms with Gasteiger partial charge in [-0.2, -0.15) is 10.4 Å². The van der Waals surface area contributed by atoms with E-state index in [1.165, 1.54) is 28.2 Å². The van der Waals surface area contributed by atoms with Gasteiger partial charge in [-0.05, 0) is 60.8 Å². The molecule has 1 aromatic carbocycles. The third kappa shape index (κ3) is 3.43. The molecule has 0 bridgehead atoms. The van der Waals surface area contributed by atoms with Crippen LogP contribution in [0.25, 0.3) is 0 Å². The number of nitrogens with zero attached hydrogens (tertiary/aromatic N) is 3. The summed E-state index contributed by atoms with van der Waals surface area (Å²) in [6.45, 7) is -0.171. The summed E-state index contributed by atoms with van der Waals surface area (Å²) >= 11 is 0. The fraction of sp³-hybridized carbons (Fsp3) is 0.400. The van der Waals surface area contributed by atoms with E-state index in [2.05, 4.69) is 16.5 Å². The van der Waals surface area contributed by atoms with Gasteiger partial charge in [0.2, 0.25) is 6.10 Å². The molecule has 2 aliphatic carbocycles. The van der Waals surface area contributed by atoms with Gasteiger partial charge in [0.05, 0.1) is 24.0 Å². The Bertz CT molecular complexity index is 957. The lowest BCUT2D eigenvalue weighted by Gasteiger charge is -2.18. The highest BCUT2D eigenvalue weighted by molar-refractivity contribution is 5.90. The average Bonchev–Trinajstić information content (AvgIpc) is 3.40. The lowest BCUT2D eigenvalue weighted by Crippen LogP contribution is -2.33. The van der Waals surface area contributed by atoms with Gasteiger partial charge in [0.25, 0.3) is 0 Å². The second kappa shape index (κ2) is 7.35. The monoisotopic (exact) mass is 380 g/mol. The highest BCUT2D eigenvalue weighted by Gasteiger charge is 2.28. The van der Waals surface area contributed by atoms with Gasteiger partial charge in [0, 0.05) is 6.20 Å². The van der Waals surface area contributed by atoms with Gasteiger partial charge in [-0.3, -0.25) is 10.00 Å². The van der Waals surface area contributed by atoms with Crippen LogP contribution in [0.2, 0.25) is 0 Å². The molecule has 2 aromatic rings. The molecule has 8 nitrogen and oxygen atoms in total. The molecule has 1 amide bonds. The molecule has 2 aliphatic rings. The van der Waals surface area contributed by atoms with E-state index < -0.39 is 18.2 Å². The minimum atomic E-state index is -1.41. The van der Waals surface area contributed by atoms with Crippen molar-refractivity contribution in [3.8, 4) is 6.07 Å². The Hall–Kier alpha value is -3.34. The molecule has 0 radical (unpaired) electrons. The van der Waals surface area contributed by atoms with Crippen LogP contribution >= 0.6 is 0 Å². The van der Waals surface area contributed by atoms with E-state index in [-0.39, 0.29) is 6.54 Å². The quantitative estimate of drug-likeness (QED) is 0.823. The summed E-state index contributed by atoms with van der Waals surface area (Å²) in [5, 5.41) is 25.0. The lowest BCUT2D eigenvalue weighted by atomic mass is 9.99. The van der Waals surface area contributed by atoms with E-state index >= 15 is 0 Å². The van der Waals surface area contributed by atoms with Gasteiger partial charge in [0.15, 0.2) is 0 Å². The number of rotatable bonds is 5. The number of benzene rings is 1. The second-order valence-electron chi connectivity index (χ2n) is 7.15. The van der Waals surface area contributed by atoms with E-state index in [1.54, 1.807) is 0 Å². The maximum Gasteiger partial charge on any atom is 0.412 e. The van der Waals surface area contributed by atoms with Crippen LogP contribution in [0.3, 0.4) is 0 Å². The Morgan fingerprint density at radius 3 is 2.50 bits per heavy atom. The average molecular weight is 380 g/mol. The zero-order valence-corrected chi connectivity index (χ0v) is 15.3. The summed E-state index contributed by atoms with van der Waals surface area (Å²) in [5.41, 5.74) is 5.95. The van der Waals surface area contributed by atoms with E-state index in [0.717, 1.165) is 55.3 Å². The number of aryl methyl sites for hydroxylation is 2. The number of aliphatic carboxylic acids is 1. The highest BCUT2D eigenvalue weighted by Crippen LogP contribution is 2.38. The van der Waals surface area contributed by atoms with E-state index in [0.29, 0.717) is 5.56 Å². The van der Waals surface area contributed by atoms with Crippen LogP contribution in [0.5, 0.6) is 0 Å². The van der Waals surface area contributed by atoms with Crippen molar-refractivity contribution in [2.75, 3.05) is 5.32 Å². The number of nitrogens with one attached hydrogen (secondary N) is 1. The fourth-order valence-electron chi connectivity index (χ4n) is 4.08. The van der Waals surface area contributed by atoms with Crippen LogP contribution < -0.4 is 5.32 Å². The van der Waals surface area contributed by atoms with Crippen LogP contribution in [0.4, 0.5) is 10.5 Å². The molecule has 0 saturated heterocycles. The van der Waals surface area contributed by atoms with E-state index in [9.17, 15) is 14.7 Å². The third-order valence-corrected chi connectivity index (χ3v) is 5.34. The molecule has 1 atom stereocenters. The fourth-order valence-corrected chi connectivity index (χ4v) is 4.08. The smallest absolute Gasteiger partial charge is 0.412 e. The van der Waals surface area contributed by atoms with Crippen LogP contribution in [-0.2, 0) is 41.8 Å². The van der Waals surface area contributed by atoms with Crippen molar-refractivity contribution in [2.45, 2.75) is 51.2 Å². The van der Waals surface area contributed by atoms with Crippen LogP contribution in [-0.4, -0.2) is 33.1 Å². The molecule has 0 saturated carbocycles. The summed E-state index contributed by atoms with van der Waals surface area (Å²) in [4.78, 5) is 24.0. The van der Waals surface area contributed by atoms with Crippen molar-refractivity contribution in [3.63, 3.8) is 0 Å². The predicted molar refractivity (Wildman–Crippen MR) is 99.0 cm³/mol. The number of carboxylic acids is 1. The molecule has 0 unspecified atom stereocenters. The maximum absolute atomic E-state index is 12.5. The van der Waals surface area contributed by atoms with Gasteiger partial charge in [0.1, 0.15) is 6.07 Å². The maximum atomic E-state index is 12.5. The van der Waals surface area contributed by atoms with Crippen molar-refractivity contribution in [3.05, 3.63) is 46.3 Å². The van der Waals surface area contributed by atoms with Crippen molar-refractivity contribution in [1.29, 1.82) is 5.26 Å². The largest absolute Gasteiger partial charge is 0.478 e. The summed E-state index contributed by atoms with van der Waals surface area (Å²) in [6.07, 6.45) is 6.49. The number of fused-ring (bicyclic) bond motifs is 2. The first kappa shape index (κ1) is 18.0. The minimum absolute atomic E-state index is 0.171. The number of carbonyl (C=O) groups is 2. The van der Waals surface area contributed by atoms with Crippen LogP contribution in [0.15, 0.2) is 18.5 Å². The van der Waals surface area contributed by atoms with Gasteiger partial charge in [-0.1, -0.05) is 6.07 Å². The van der Waals surface area contributed by atoms with Gasteiger partial charge in [-0.15, -0.1) is 0 Å². The van der Waals surface area contributed by atoms with Crippen molar-refractivity contribution in [2.24, 2.45) is 0 Å². The SMILES string of the molecule is N#Cc1cnn(C[C@@H](OC(=O)Nc2c3c(cc4c2CCC4)CCC3)C(=O)O)c1. The summed E-state index contributed by atoms with van der Waals surface area (Å²) < 4.78 is 6.47. The van der Waals surface area contributed by atoms with Crippen molar-refractivity contribution >= 4 is 17.7 Å². The molecule has 0 aliphatic heterocycles. The van der Waals surface area contributed by atoms with Crippen molar-refractivity contribution in [1.82, 2.24) is 9.78 Å². The highest BCUT2D eigenvalue weighted by atomic mass is 16.6. The summed E-state index contributed by atoms with van der Waals surface area (Å²) in [6, 6.07) is 4.18. The number of anilines is 1. The zero-order chi connectivity index (χ0) is 19.7. The van der Waals surface area contributed by atoms with Crippen LogP contribution in [0, 0.1) is 11.3 Å². The molecule has 1 heterocycles. The second-order valence-corrected chi connectivity index (χ2v) is 7.15. The Morgan fingerprint density at radius 2 is 1.93 bits per heavy atom. The Kier molecular flexibility index (Phi) is 4.74.